The molecule has 0 atom stereocenters. The number of rotatable bonds is 4. The smallest absolute Gasteiger partial charge is 0.0546 e. The highest BCUT2D eigenvalue weighted by Gasteiger charge is 2.24. The van der Waals surface area contributed by atoms with Gasteiger partial charge in [-0.3, -0.25) is 0 Å². The van der Waals surface area contributed by atoms with Crippen LogP contribution in [0.5, 0.6) is 0 Å². The SMILES string of the molecule is c1ccc(-c2ccc(N(c3ccc4c(c3)-c3ccccc3-c3ccccc3-c3ccccc3-4)c3cc4ccccc4c4ccccc34)cc2)cc1. The van der Waals surface area contributed by atoms with Gasteiger partial charge in [-0.2, -0.15) is 0 Å². The van der Waals surface area contributed by atoms with E-state index >= 15 is 0 Å². The van der Waals surface area contributed by atoms with Crippen molar-refractivity contribution in [2.24, 2.45) is 0 Å². The minimum atomic E-state index is 1.11. The maximum absolute atomic E-state index is 2.45. The molecule has 9 aromatic carbocycles. The van der Waals surface area contributed by atoms with Crippen LogP contribution < -0.4 is 4.90 Å². The van der Waals surface area contributed by atoms with Crippen LogP contribution in [0.3, 0.4) is 0 Å². The second-order valence-electron chi connectivity index (χ2n) is 13.3. The molecular weight excluding hydrogens is 615 g/mol. The van der Waals surface area contributed by atoms with Gasteiger partial charge in [0, 0.05) is 16.8 Å². The van der Waals surface area contributed by atoms with Crippen molar-refractivity contribution in [1.82, 2.24) is 0 Å². The highest BCUT2D eigenvalue weighted by atomic mass is 15.1. The molecule has 1 heteroatoms. The first-order valence-corrected chi connectivity index (χ1v) is 17.6. The van der Waals surface area contributed by atoms with Crippen LogP contribution in [-0.4, -0.2) is 0 Å². The summed E-state index contributed by atoms with van der Waals surface area (Å²) in [5.74, 6) is 0. The van der Waals surface area contributed by atoms with Gasteiger partial charge in [0.2, 0.25) is 0 Å². The third-order valence-electron chi connectivity index (χ3n) is 10.4. The molecular formula is C50H33N. The van der Waals surface area contributed by atoms with Crippen molar-refractivity contribution in [2.45, 2.75) is 0 Å². The zero-order valence-electron chi connectivity index (χ0n) is 28.0. The van der Waals surface area contributed by atoms with Crippen molar-refractivity contribution in [3.63, 3.8) is 0 Å². The number of hydrogen-bond acceptors (Lipinski definition) is 1. The van der Waals surface area contributed by atoms with E-state index in [-0.39, 0.29) is 0 Å². The molecule has 0 saturated heterocycles. The van der Waals surface area contributed by atoms with Crippen molar-refractivity contribution in [3.05, 3.63) is 200 Å². The summed E-state index contributed by atoms with van der Waals surface area (Å²) in [7, 11) is 0. The molecule has 0 bridgehead atoms. The molecule has 0 aromatic heterocycles. The second kappa shape index (κ2) is 12.0. The summed E-state index contributed by atoms with van der Waals surface area (Å²) in [6.45, 7) is 0. The molecule has 0 amide bonds. The predicted molar refractivity (Wildman–Crippen MR) is 217 cm³/mol. The van der Waals surface area contributed by atoms with Crippen LogP contribution >= 0.6 is 0 Å². The Morgan fingerprint density at radius 3 is 1.29 bits per heavy atom. The summed E-state index contributed by atoms with van der Waals surface area (Å²) in [4.78, 5) is 2.45. The molecule has 10 rings (SSSR count). The van der Waals surface area contributed by atoms with Gasteiger partial charge < -0.3 is 4.90 Å². The fourth-order valence-electron chi connectivity index (χ4n) is 8.07. The van der Waals surface area contributed by atoms with Gasteiger partial charge in [0.1, 0.15) is 0 Å². The fraction of sp³-hybridized carbons (Fsp3) is 0. The molecule has 0 radical (unpaired) electrons. The van der Waals surface area contributed by atoms with Gasteiger partial charge in [-0.15, -0.1) is 0 Å². The Labute approximate surface area is 298 Å². The zero-order chi connectivity index (χ0) is 33.7. The molecule has 1 aliphatic carbocycles. The van der Waals surface area contributed by atoms with E-state index in [9.17, 15) is 0 Å². The molecule has 0 N–H and O–H groups in total. The molecule has 1 aliphatic rings. The van der Waals surface area contributed by atoms with Crippen LogP contribution in [0.25, 0.3) is 77.2 Å². The Morgan fingerprint density at radius 1 is 0.255 bits per heavy atom. The summed E-state index contributed by atoms with van der Waals surface area (Å²) < 4.78 is 0. The second-order valence-corrected chi connectivity index (χ2v) is 13.3. The van der Waals surface area contributed by atoms with Gasteiger partial charge in [-0.25, -0.2) is 0 Å². The Balaban J connectivity index is 1.25. The molecule has 1 nitrogen and oxygen atoms in total. The summed E-state index contributed by atoms with van der Waals surface area (Å²) in [5.41, 5.74) is 15.7. The highest BCUT2D eigenvalue weighted by molar-refractivity contribution is 6.15. The number of fused-ring (bicyclic) bond motifs is 11. The number of benzene rings is 9. The number of nitrogens with zero attached hydrogens (tertiary/aromatic N) is 1. The summed E-state index contributed by atoms with van der Waals surface area (Å²) >= 11 is 0. The van der Waals surface area contributed by atoms with Crippen molar-refractivity contribution < 1.29 is 0 Å². The summed E-state index contributed by atoms with van der Waals surface area (Å²) in [5, 5.41) is 4.95. The van der Waals surface area contributed by atoms with Gasteiger partial charge in [0.05, 0.1) is 5.69 Å². The van der Waals surface area contributed by atoms with E-state index in [1.165, 1.54) is 77.2 Å². The fourth-order valence-corrected chi connectivity index (χ4v) is 8.07. The maximum Gasteiger partial charge on any atom is 0.0546 e. The lowest BCUT2D eigenvalue weighted by atomic mass is 9.81. The summed E-state index contributed by atoms with van der Waals surface area (Å²) in [6, 6.07) is 73.2. The van der Waals surface area contributed by atoms with Crippen molar-refractivity contribution in [3.8, 4) is 55.6 Å². The number of hydrogen-bond donors (Lipinski definition) is 0. The van der Waals surface area contributed by atoms with E-state index in [2.05, 4.69) is 205 Å². The van der Waals surface area contributed by atoms with E-state index in [1.54, 1.807) is 0 Å². The predicted octanol–water partition coefficient (Wildman–Crippen LogP) is 14.1. The van der Waals surface area contributed by atoms with Gasteiger partial charge >= 0.3 is 0 Å². The van der Waals surface area contributed by atoms with Crippen LogP contribution in [0.4, 0.5) is 17.1 Å². The van der Waals surface area contributed by atoms with Crippen LogP contribution in [-0.2, 0) is 0 Å². The third-order valence-corrected chi connectivity index (χ3v) is 10.4. The van der Waals surface area contributed by atoms with Crippen molar-refractivity contribution in [2.75, 3.05) is 4.90 Å². The number of anilines is 3. The molecule has 0 fully saturated rings. The standard InChI is InChI=1S/C50H33N/c1-2-14-34(15-3-1)35-26-28-37(29-27-35)51(50-32-36-16-4-5-17-39(36)40-18-12-13-25-48(40)50)38-30-31-47-45-23-9-8-21-43(45)41-19-6-7-20-42(41)44-22-10-11-24-46(44)49(47)33-38/h1-33H. The van der Waals surface area contributed by atoms with Crippen LogP contribution in [0.2, 0.25) is 0 Å². The van der Waals surface area contributed by atoms with Crippen molar-refractivity contribution >= 4 is 38.6 Å². The lowest BCUT2D eigenvalue weighted by Crippen LogP contribution is -2.11. The third kappa shape index (κ3) is 4.86. The molecule has 9 aromatic rings. The molecule has 0 heterocycles. The van der Waals surface area contributed by atoms with Gasteiger partial charge in [-0.1, -0.05) is 170 Å². The lowest BCUT2D eigenvalue weighted by Gasteiger charge is -2.30. The maximum atomic E-state index is 2.45. The molecule has 238 valence electrons. The minimum absolute atomic E-state index is 1.11. The molecule has 0 spiro atoms. The van der Waals surface area contributed by atoms with E-state index in [4.69, 9.17) is 0 Å². The largest absolute Gasteiger partial charge is 0.310 e. The summed E-state index contributed by atoms with van der Waals surface area (Å²) in [6.07, 6.45) is 0. The molecule has 51 heavy (non-hydrogen) atoms. The van der Waals surface area contributed by atoms with E-state index in [1.807, 2.05) is 0 Å². The topological polar surface area (TPSA) is 3.24 Å². The minimum Gasteiger partial charge on any atom is -0.310 e. The molecule has 0 unspecified atom stereocenters. The van der Waals surface area contributed by atoms with Crippen LogP contribution in [0, 0.1) is 0 Å². The Kier molecular flexibility index (Phi) is 6.89. The first-order chi connectivity index (χ1) is 25.3. The average Bonchev–Trinajstić information content (AvgIpc) is 3.21. The van der Waals surface area contributed by atoms with Gasteiger partial charge in [0.25, 0.3) is 0 Å². The lowest BCUT2D eigenvalue weighted by molar-refractivity contribution is 1.30. The normalized spacial score (nSPS) is 11.5. The monoisotopic (exact) mass is 647 g/mol. The van der Waals surface area contributed by atoms with E-state index in [0.717, 1.165) is 17.1 Å². The Hall–Kier alpha value is -6.70. The van der Waals surface area contributed by atoms with Crippen molar-refractivity contribution in [1.29, 1.82) is 0 Å². The van der Waals surface area contributed by atoms with E-state index < -0.39 is 0 Å². The average molecular weight is 648 g/mol. The van der Waals surface area contributed by atoms with Gasteiger partial charge in [-0.05, 0) is 102 Å². The van der Waals surface area contributed by atoms with Crippen LogP contribution in [0.15, 0.2) is 200 Å². The first-order valence-electron chi connectivity index (χ1n) is 17.6. The molecule has 0 saturated carbocycles. The van der Waals surface area contributed by atoms with E-state index in [0.29, 0.717) is 0 Å². The zero-order valence-corrected chi connectivity index (χ0v) is 28.0. The Bertz CT molecular complexity index is 2730. The quantitative estimate of drug-likeness (QED) is 0.172. The Morgan fingerprint density at radius 2 is 0.686 bits per heavy atom. The highest BCUT2D eigenvalue weighted by Crippen LogP contribution is 2.50. The first kappa shape index (κ1) is 29.2. The molecule has 0 aliphatic heterocycles. The van der Waals surface area contributed by atoms with Gasteiger partial charge in [0.15, 0.2) is 0 Å². The van der Waals surface area contributed by atoms with Crippen LogP contribution in [0.1, 0.15) is 0 Å².